The van der Waals surface area contributed by atoms with E-state index < -0.39 is 5.60 Å². The molecule has 0 aromatic carbocycles. The third-order valence-corrected chi connectivity index (χ3v) is 3.71. The Morgan fingerprint density at radius 3 is 2.71 bits per heavy atom. The Kier molecular flexibility index (Phi) is 3.26. The largest absolute Gasteiger partial charge is 0.444 e. The fourth-order valence-corrected chi connectivity index (χ4v) is 2.49. The van der Waals surface area contributed by atoms with Crippen molar-refractivity contribution in [1.82, 2.24) is 14.9 Å². The second kappa shape index (κ2) is 4.86. The van der Waals surface area contributed by atoms with Crippen LogP contribution in [-0.2, 0) is 17.7 Å². The van der Waals surface area contributed by atoms with Crippen molar-refractivity contribution in [1.29, 1.82) is 0 Å². The van der Waals surface area contributed by atoms with Gasteiger partial charge < -0.3 is 14.6 Å². The molecule has 114 valence electrons. The molecule has 0 atom stereocenters. The fourth-order valence-electron chi connectivity index (χ4n) is 2.49. The average molecular weight is 291 g/mol. The number of carbonyl (C=O) groups is 1. The van der Waals surface area contributed by atoms with Crippen LogP contribution in [-0.4, -0.2) is 33.1 Å². The summed E-state index contributed by atoms with van der Waals surface area (Å²) in [5, 5.41) is 0. The molecule has 2 aliphatic rings. The van der Waals surface area contributed by atoms with E-state index in [9.17, 15) is 9.59 Å². The Hall–Kier alpha value is -1.85. The van der Waals surface area contributed by atoms with Gasteiger partial charge >= 0.3 is 6.09 Å². The Morgan fingerprint density at radius 1 is 1.38 bits per heavy atom. The van der Waals surface area contributed by atoms with Gasteiger partial charge in [-0.2, -0.15) is 0 Å². The minimum absolute atomic E-state index is 0.0502. The SMILES string of the molecule is CC(C)(C)OC(=O)N1CCc2c(nc(C3CC3)[nH]c2=O)C1. The number of nitrogens with zero attached hydrogens (tertiary/aromatic N) is 2. The average Bonchev–Trinajstić information content (AvgIpc) is 3.20. The van der Waals surface area contributed by atoms with E-state index >= 15 is 0 Å². The van der Waals surface area contributed by atoms with Crippen molar-refractivity contribution in [2.45, 2.75) is 58.1 Å². The maximum atomic E-state index is 12.1. The molecular weight excluding hydrogens is 270 g/mol. The molecule has 1 saturated carbocycles. The molecule has 21 heavy (non-hydrogen) atoms. The number of hydrogen-bond donors (Lipinski definition) is 1. The molecule has 1 aliphatic heterocycles. The summed E-state index contributed by atoms with van der Waals surface area (Å²) in [5.41, 5.74) is 0.862. The summed E-state index contributed by atoms with van der Waals surface area (Å²) in [5.74, 6) is 1.16. The normalized spacial score (nSPS) is 18.3. The van der Waals surface area contributed by atoms with Crippen LogP contribution in [0.5, 0.6) is 0 Å². The lowest BCUT2D eigenvalue weighted by atomic mass is 10.1. The second-order valence-corrected chi connectivity index (χ2v) is 6.80. The highest BCUT2D eigenvalue weighted by molar-refractivity contribution is 5.68. The predicted octanol–water partition coefficient (Wildman–Crippen LogP) is 1.94. The van der Waals surface area contributed by atoms with Gasteiger partial charge in [0.05, 0.1) is 12.2 Å². The molecule has 0 unspecified atom stereocenters. The Bertz CT molecular complexity index is 626. The highest BCUT2D eigenvalue weighted by atomic mass is 16.6. The first-order valence-electron chi connectivity index (χ1n) is 7.43. The number of rotatable bonds is 1. The topological polar surface area (TPSA) is 75.3 Å². The van der Waals surface area contributed by atoms with Crippen molar-refractivity contribution in [3.63, 3.8) is 0 Å². The van der Waals surface area contributed by atoms with Crippen LogP contribution in [0.4, 0.5) is 4.79 Å². The first kappa shape index (κ1) is 14.1. The predicted molar refractivity (Wildman–Crippen MR) is 77.2 cm³/mol. The Labute approximate surface area is 123 Å². The smallest absolute Gasteiger partial charge is 0.410 e. The lowest BCUT2D eigenvalue weighted by Gasteiger charge is -2.30. The van der Waals surface area contributed by atoms with Crippen LogP contribution in [0.1, 0.15) is 56.6 Å². The molecule has 1 aromatic rings. The first-order chi connectivity index (χ1) is 9.83. The molecule has 1 N–H and O–H groups in total. The van der Waals surface area contributed by atoms with E-state index in [4.69, 9.17) is 4.74 Å². The first-order valence-corrected chi connectivity index (χ1v) is 7.43. The molecule has 6 nitrogen and oxygen atoms in total. The van der Waals surface area contributed by atoms with Crippen LogP contribution in [0.25, 0.3) is 0 Å². The van der Waals surface area contributed by atoms with E-state index in [0.717, 1.165) is 24.4 Å². The minimum Gasteiger partial charge on any atom is -0.444 e. The van der Waals surface area contributed by atoms with Gasteiger partial charge in [-0.3, -0.25) is 4.79 Å². The summed E-state index contributed by atoms with van der Waals surface area (Å²) < 4.78 is 5.39. The van der Waals surface area contributed by atoms with Crippen LogP contribution in [0.2, 0.25) is 0 Å². The number of nitrogens with one attached hydrogen (secondary N) is 1. The summed E-state index contributed by atoms with van der Waals surface area (Å²) in [6.07, 6.45) is 2.35. The second-order valence-electron chi connectivity index (χ2n) is 6.80. The third kappa shape index (κ3) is 3.09. The van der Waals surface area contributed by atoms with E-state index in [1.165, 1.54) is 0 Å². The van der Waals surface area contributed by atoms with E-state index in [1.54, 1.807) is 4.90 Å². The van der Waals surface area contributed by atoms with Gasteiger partial charge in [0.25, 0.3) is 5.56 Å². The summed E-state index contributed by atoms with van der Waals surface area (Å²) in [7, 11) is 0. The van der Waals surface area contributed by atoms with E-state index in [-0.39, 0.29) is 11.7 Å². The van der Waals surface area contributed by atoms with Crippen molar-refractivity contribution in [2.75, 3.05) is 6.54 Å². The number of aromatic amines is 1. The van der Waals surface area contributed by atoms with Gasteiger partial charge in [0.15, 0.2) is 0 Å². The van der Waals surface area contributed by atoms with Gasteiger partial charge in [-0.05, 0) is 40.0 Å². The highest BCUT2D eigenvalue weighted by Gasteiger charge is 2.31. The van der Waals surface area contributed by atoms with E-state index in [2.05, 4.69) is 9.97 Å². The van der Waals surface area contributed by atoms with Crippen molar-refractivity contribution in [3.8, 4) is 0 Å². The van der Waals surface area contributed by atoms with Crippen LogP contribution in [0.15, 0.2) is 4.79 Å². The maximum absolute atomic E-state index is 12.1. The Balaban J connectivity index is 1.81. The number of amides is 1. The van der Waals surface area contributed by atoms with E-state index in [1.807, 2.05) is 20.8 Å². The zero-order valence-electron chi connectivity index (χ0n) is 12.7. The molecule has 1 aromatic heterocycles. The number of carbonyl (C=O) groups excluding carboxylic acids is 1. The van der Waals surface area contributed by atoms with Crippen LogP contribution < -0.4 is 5.56 Å². The number of fused-ring (bicyclic) bond motifs is 1. The number of ether oxygens (including phenoxy) is 1. The zero-order valence-corrected chi connectivity index (χ0v) is 12.7. The van der Waals surface area contributed by atoms with Crippen molar-refractivity contribution in [3.05, 3.63) is 27.4 Å². The van der Waals surface area contributed by atoms with Crippen molar-refractivity contribution < 1.29 is 9.53 Å². The number of aromatic nitrogens is 2. The molecule has 0 saturated heterocycles. The third-order valence-electron chi connectivity index (χ3n) is 3.71. The molecular formula is C15H21N3O3. The fraction of sp³-hybridized carbons (Fsp3) is 0.667. The summed E-state index contributed by atoms with van der Waals surface area (Å²) in [6.45, 7) is 6.38. The lowest BCUT2D eigenvalue weighted by molar-refractivity contribution is 0.0220. The molecule has 6 heteroatoms. The molecule has 0 radical (unpaired) electrons. The zero-order chi connectivity index (χ0) is 15.2. The Morgan fingerprint density at radius 2 is 2.10 bits per heavy atom. The summed E-state index contributed by atoms with van der Waals surface area (Å²) in [4.78, 5) is 33.3. The van der Waals surface area contributed by atoms with Gasteiger partial charge in [0.1, 0.15) is 11.4 Å². The highest BCUT2D eigenvalue weighted by Crippen LogP contribution is 2.37. The van der Waals surface area contributed by atoms with Crippen LogP contribution in [0, 0.1) is 0 Å². The maximum Gasteiger partial charge on any atom is 0.410 e. The quantitative estimate of drug-likeness (QED) is 0.858. The standard InChI is InChI=1S/C15H21N3O3/c1-15(2,3)21-14(20)18-7-6-10-11(8-18)16-12(9-4-5-9)17-13(10)19/h9H,4-8H2,1-3H3,(H,16,17,19). The molecule has 1 fully saturated rings. The van der Waals surface area contributed by atoms with Gasteiger partial charge in [-0.15, -0.1) is 0 Å². The van der Waals surface area contributed by atoms with Gasteiger partial charge in [0, 0.05) is 18.0 Å². The van der Waals surface area contributed by atoms with Gasteiger partial charge in [0.2, 0.25) is 0 Å². The molecule has 1 amide bonds. The molecule has 0 bridgehead atoms. The monoisotopic (exact) mass is 291 g/mol. The number of H-pyrrole nitrogens is 1. The van der Waals surface area contributed by atoms with Crippen LogP contribution >= 0.6 is 0 Å². The lowest BCUT2D eigenvalue weighted by Crippen LogP contribution is -2.42. The molecule has 3 rings (SSSR count). The van der Waals surface area contributed by atoms with Gasteiger partial charge in [-0.1, -0.05) is 0 Å². The molecule has 2 heterocycles. The van der Waals surface area contributed by atoms with E-state index in [0.29, 0.717) is 31.0 Å². The molecule has 0 spiro atoms. The molecule has 1 aliphatic carbocycles. The summed E-state index contributed by atoms with van der Waals surface area (Å²) >= 11 is 0. The summed E-state index contributed by atoms with van der Waals surface area (Å²) in [6, 6.07) is 0. The van der Waals surface area contributed by atoms with Gasteiger partial charge in [-0.25, -0.2) is 9.78 Å². The van der Waals surface area contributed by atoms with Crippen LogP contribution in [0.3, 0.4) is 0 Å². The minimum atomic E-state index is -0.516. The number of hydrogen-bond acceptors (Lipinski definition) is 4. The van der Waals surface area contributed by atoms with Crippen molar-refractivity contribution in [2.24, 2.45) is 0 Å². The van der Waals surface area contributed by atoms with Crippen molar-refractivity contribution >= 4 is 6.09 Å².